The Balaban J connectivity index is 2.62. The van der Waals surface area contributed by atoms with Crippen molar-refractivity contribution in [3.8, 4) is 0 Å². The summed E-state index contributed by atoms with van der Waals surface area (Å²) in [5.74, 6) is 0.555. The van der Waals surface area contributed by atoms with Crippen LogP contribution in [0.15, 0.2) is 46.1 Å². The van der Waals surface area contributed by atoms with E-state index in [0.29, 0.717) is 6.42 Å². The molecule has 20 heavy (non-hydrogen) atoms. The van der Waals surface area contributed by atoms with Crippen molar-refractivity contribution in [1.82, 2.24) is 0 Å². The van der Waals surface area contributed by atoms with Crippen LogP contribution in [0.5, 0.6) is 0 Å². The van der Waals surface area contributed by atoms with Crippen LogP contribution in [0.25, 0.3) is 0 Å². The monoisotopic (exact) mass is 276 g/mol. The maximum atomic E-state index is 11.2. The number of ether oxygens (including phenoxy) is 1. The van der Waals surface area contributed by atoms with E-state index in [1.165, 1.54) is 18.1 Å². The van der Waals surface area contributed by atoms with E-state index in [9.17, 15) is 4.79 Å². The van der Waals surface area contributed by atoms with Gasteiger partial charge >= 0.3 is 5.97 Å². The van der Waals surface area contributed by atoms with Crippen molar-refractivity contribution in [2.45, 2.75) is 53.1 Å². The summed E-state index contributed by atoms with van der Waals surface area (Å²) in [7, 11) is 0. The first-order valence-corrected chi connectivity index (χ1v) is 6.97. The Kier molecular flexibility index (Phi) is 6.85. The number of rotatable bonds is 7. The van der Waals surface area contributed by atoms with Crippen LogP contribution in [-0.2, 0) is 16.0 Å². The predicted octanol–water partition coefficient (Wildman–Crippen LogP) is 4.45. The van der Waals surface area contributed by atoms with Crippen LogP contribution in [0, 0.1) is 0 Å². The minimum Gasteiger partial charge on any atom is -0.469 e. The first kappa shape index (κ1) is 16.3. The van der Waals surface area contributed by atoms with Crippen molar-refractivity contribution < 1.29 is 13.9 Å². The number of esters is 1. The van der Waals surface area contributed by atoms with Crippen molar-refractivity contribution in [2.75, 3.05) is 0 Å². The number of carbonyl (C=O) groups is 1. The molecule has 0 N–H and O–H groups in total. The maximum Gasteiger partial charge on any atom is 0.303 e. The lowest BCUT2D eigenvalue weighted by Gasteiger charge is -2.13. The normalized spacial score (nSPS) is 12.9. The van der Waals surface area contributed by atoms with Crippen LogP contribution in [-0.4, -0.2) is 12.1 Å². The smallest absolute Gasteiger partial charge is 0.303 e. The lowest BCUT2D eigenvalue weighted by atomic mass is 10.1. The molecule has 0 spiro atoms. The molecule has 1 aromatic heterocycles. The van der Waals surface area contributed by atoms with E-state index >= 15 is 0 Å². The molecule has 110 valence electrons. The zero-order valence-corrected chi connectivity index (χ0v) is 12.8. The Morgan fingerprint density at radius 3 is 2.65 bits per heavy atom. The van der Waals surface area contributed by atoms with E-state index < -0.39 is 0 Å². The Morgan fingerprint density at radius 1 is 1.35 bits per heavy atom. The van der Waals surface area contributed by atoms with Crippen molar-refractivity contribution in [3.63, 3.8) is 0 Å². The van der Waals surface area contributed by atoms with Crippen molar-refractivity contribution in [3.05, 3.63) is 47.5 Å². The third-order valence-electron chi connectivity index (χ3n) is 2.86. The second-order valence-corrected chi connectivity index (χ2v) is 5.26. The van der Waals surface area contributed by atoms with Gasteiger partial charge in [0, 0.05) is 13.3 Å². The Labute approximate surface area is 121 Å². The number of carbonyl (C=O) groups excluding carboxylic acids is 1. The molecule has 1 atom stereocenters. The van der Waals surface area contributed by atoms with E-state index in [1.54, 1.807) is 6.26 Å². The van der Waals surface area contributed by atoms with Gasteiger partial charge in [0.05, 0.1) is 6.26 Å². The third kappa shape index (κ3) is 6.98. The van der Waals surface area contributed by atoms with Gasteiger partial charge in [0.2, 0.25) is 0 Å². The minimum atomic E-state index is -0.269. The first-order chi connectivity index (χ1) is 9.47. The molecule has 0 fully saturated rings. The average Bonchev–Trinajstić information content (AvgIpc) is 2.80. The Morgan fingerprint density at radius 2 is 2.10 bits per heavy atom. The van der Waals surface area contributed by atoms with Crippen LogP contribution in [0.4, 0.5) is 0 Å². The summed E-state index contributed by atoms with van der Waals surface area (Å²) >= 11 is 0. The number of hydrogen-bond donors (Lipinski definition) is 0. The summed E-state index contributed by atoms with van der Waals surface area (Å²) < 4.78 is 10.6. The van der Waals surface area contributed by atoms with Crippen molar-refractivity contribution in [1.29, 1.82) is 0 Å². The van der Waals surface area contributed by atoms with Crippen LogP contribution >= 0.6 is 0 Å². The van der Waals surface area contributed by atoms with Crippen LogP contribution in [0.3, 0.4) is 0 Å². The minimum absolute atomic E-state index is 0.259. The lowest BCUT2D eigenvalue weighted by molar-refractivity contribution is -0.144. The predicted molar refractivity (Wildman–Crippen MR) is 80.4 cm³/mol. The van der Waals surface area contributed by atoms with E-state index in [0.717, 1.165) is 18.6 Å². The van der Waals surface area contributed by atoms with Crippen LogP contribution in [0.2, 0.25) is 0 Å². The lowest BCUT2D eigenvalue weighted by Crippen LogP contribution is -2.17. The molecule has 0 aliphatic rings. The molecule has 0 saturated carbocycles. The second-order valence-electron chi connectivity index (χ2n) is 5.26. The molecule has 0 saturated heterocycles. The van der Waals surface area contributed by atoms with Gasteiger partial charge in [-0.05, 0) is 51.8 Å². The molecule has 0 bridgehead atoms. The molecule has 0 radical (unpaired) electrons. The summed E-state index contributed by atoms with van der Waals surface area (Å²) in [5, 5.41) is 0. The highest BCUT2D eigenvalue weighted by Crippen LogP contribution is 2.13. The number of furan rings is 1. The Hall–Kier alpha value is -1.77. The van der Waals surface area contributed by atoms with Crippen molar-refractivity contribution in [2.24, 2.45) is 0 Å². The van der Waals surface area contributed by atoms with Gasteiger partial charge in [0.1, 0.15) is 11.9 Å². The summed E-state index contributed by atoms with van der Waals surface area (Å²) in [4.78, 5) is 11.2. The fourth-order valence-electron chi connectivity index (χ4n) is 1.96. The van der Waals surface area contributed by atoms with Gasteiger partial charge in [-0.15, -0.1) is 0 Å². The molecular weight excluding hydrogens is 252 g/mol. The molecule has 3 heteroatoms. The zero-order chi connectivity index (χ0) is 15.0. The SMILES string of the molecule is CC(=O)OC(/C=C(\C)CCC=C(C)C)Cc1ccco1. The molecular formula is C17H24O3. The van der Waals surface area contributed by atoms with E-state index in [1.807, 2.05) is 18.2 Å². The molecule has 1 unspecified atom stereocenters. The first-order valence-electron chi connectivity index (χ1n) is 6.97. The largest absolute Gasteiger partial charge is 0.469 e. The zero-order valence-electron chi connectivity index (χ0n) is 12.8. The van der Waals surface area contributed by atoms with E-state index in [-0.39, 0.29) is 12.1 Å². The standard InChI is InChI=1S/C17H24O3/c1-13(2)7-5-8-14(3)11-17(20-15(4)18)12-16-9-6-10-19-16/h6-7,9-11,17H,5,8,12H2,1-4H3/b14-11+. The van der Waals surface area contributed by atoms with Gasteiger partial charge in [0.15, 0.2) is 0 Å². The molecule has 1 heterocycles. The van der Waals surface area contributed by atoms with Gasteiger partial charge in [-0.1, -0.05) is 17.2 Å². The molecule has 0 aromatic carbocycles. The average molecular weight is 276 g/mol. The molecule has 1 aromatic rings. The third-order valence-corrected chi connectivity index (χ3v) is 2.86. The van der Waals surface area contributed by atoms with E-state index in [2.05, 4.69) is 26.8 Å². The van der Waals surface area contributed by atoms with E-state index in [4.69, 9.17) is 9.15 Å². The van der Waals surface area contributed by atoms with Crippen LogP contribution in [0.1, 0.15) is 46.3 Å². The second kappa shape index (κ2) is 8.41. The quantitative estimate of drug-likeness (QED) is 0.545. The molecule has 1 rings (SSSR count). The fourth-order valence-corrected chi connectivity index (χ4v) is 1.96. The molecule has 0 aliphatic heterocycles. The summed E-state index contributed by atoms with van der Waals surface area (Å²) in [5.41, 5.74) is 2.55. The van der Waals surface area contributed by atoms with Gasteiger partial charge in [-0.3, -0.25) is 4.79 Å². The number of allylic oxidation sites excluding steroid dienone is 3. The van der Waals surface area contributed by atoms with Crippen LogP contribution < -0.4 is 0 Å². The highest BCUT2D eigenvalue weighted by atomic mass is 16.5. The van der Waals surface area contributed by atoms with Gasteiger partial charge in [-0.25, -0.2) is 0 Å². The van der Waals surface area contributed by atoms with Gasteiger partial charge in [-0.2, -0.15) is 0 Å². The highest BCUT2D eigenvalue weighted by molar-refractivity contribution is 5.66. The maximum absolute atomic E-state index is 11.2. The fraction of sp³-hybridized carbons (Fsp3) is 0.471. The summed E-state index contributed by atoms with van der Waals surface area (Å²) in [6, 6.07) is 3.73. The topological polar surface area (TPSA) is 39.4 Å². The molecule has 3 nitrogen and oxygen atoms in total. The summed E-state index contributed by atoms with van der Waals surface area (Å²) in [6.45, 7) is 7.69. The molecule has 0 aliphatic carbocycles. The summed E-state index contributed by atoms with van der Waals surface area (Å²) in [6.07, 6.45) is 8.16. The molecule has 0 amide bonds. The highest BCUT2D eigenvalue weighted by Gasteiger charge is 2.12. The Bertz CT molecular complexity index is 462. The van der Waals surface area contributed by atoms with Crippen molar-refractivity contribution >= 4 is 5.97 Å². The number of hydrogen-bond acceptors (Lipinski definition) is 3. The van der Waals surface area contributed by atoms with Gasteiger partial charge < -0.3 is 9.15 Å². The van der Waals surface area contributed by atoms with Gasteiger partial charge in [0.25, 0.3) is 0 Å².